The molecule has 2 N–H and O–H groups in total. The van der Waals surface area contributed by atoms with E-state index in [1.165, 1.54) is 16.2 Å². The third-order valence-corrected chi connectivity index (χ3v) is 4.48. The number of hydrogen-bond acceptors (Lipinski definition) is 4. The number of likely N-dealkylation sites (tertiary alicyclic amines) is 1. The summed E-state index contributed by atoms with van der Waals surface area (Å²) in [4.78, 5) is 36.0. The molecule has 108 valence electrons. The van der Waals surface area contributed by atoms with Gasteiger partial charge in [-0.05, 0) is 24.3 Å². The van der Waals surface area contributed by atoms with Gasteiger partial charge in [-0.1, -0.05) is 0 Å². The van der Waals surface area contributed by atoms with Crippen molar-refractivity contribution in [3.63, 3.8) is 0 Å². The van der Waals surface area contributed by atoms with Crippen LogP contribution in [0.2, 0.25) is 0 Å². The monoisotopic (exact) mass is 297 g/mol. The van der Waals surface area contributed by atoms with Crippen molar-refractivity contribution in [2.24, 2.45) is 11.8 Å². The lowest BCUT2D eigenvalue weighted by Crippen LogP contribution is -2.48. The number of carboxylic acid groups (broad SMARTS) is 2. The number of nitrogens with zero attached hydrogens (tertiary/aromatic N) is 1. The lowest BCUT2D eigenvalue weighted by Gasteiger charge is -2.34. The molecule has 2 rings (SSSR count). The second kappa shape index (κ2) is 5.62. The summed E-state index contributed by atoms with van der Waals surface area (Å²) in [6, 6.07) is 0. The van der Waals surface area contributed by atoms with Crippen molar-refractivity contribution in [3.8, 4) is 0 Å². The number of aryl methyl sites for hydroxylation is 1. The maximum absolute atomic E-state index is 12.3. The van der Waals surface area contributed by atoms with Crippen LogP contribution in [-0.2, 0) is 9.59 Å². The van der Waals surface area contributed by atoms with Crippen LogP contribution < -0.4 is 0 Å². The highest BCUT2D eigenvalue weighted by Crippen LogP contribution is 2.26. The van der Waals surface area contributed by atoms with Crippen LogP contribution in [0.25, 0.3) is 0 Å². The van der Waals surface area contributed by atoms with Crippen molar-refractivity contribution in [1.29, 1.82) is 0 Å². The zero-order valence-corrected chi connectivity index (χ0v) is 11.7. The van der Waals surface area contributed by atoms with E-state index in [4.69, 9.17) is 10.2 Å². The fourth-order valence-electron chi connectivity index (χ4n) is 2.43. The third kappa shape index (κ3) is 2.67. The first kappa shape index (κ1) is 14.5. The van der Waals surface area contributed by atoms with E-state index in [0.29, 0.717) is 5.56 Å². The average molecular weight is 297 g/mol. The van der Waals surface area contributed by atoms with Crippen LogP contribution in [0, 0.1) is 18.8 Å². The molecule has 1 amide bonds. The number of rotatable bonds is 3. The summed E-state index contributed by atoms with van der Waals surface area (Å²) in [5, 5.41) is 21.8. The summed E-state index contributed by atoms with van der Waals surface area (Å²) in [7, 11) is 0. The topological polar surface area (TPSA) is 94.9 Å². The summed E-state index contributed by atoms with van der Waals surface area (Å²) in [6.45, 7) is 2.04. The average Bonchev–Trinajstić information content (AvgIpc) is 2.83. The standard InChI is InChI=1S/C13H15NO5S/c1-7-5-20-6-10(7)11(15)14-3-2-8(12(16)17)9(4-14)13(18)19/h5-6,8-9H,2-4H2,1H3,(H,16,17)(H,18,19). The second-order valence-corrected chi connectivity index (χ2v) is 5.64. The Labute approximate surface area is 119 Å². The fourth-order valence-corrected chi connectivity index (χ4v) is 3.25. The maximum atomic E-state index is 12.3. The molecule has 20 heavy (non-hydrogen) atoms. The Morgan fingerprint density at radius 3 is 2.35 bits per heavy atom. The van der Waals surface area contributed by atoms with Crippen molar-refractivity contribution in [2.75, 3.05) is 13.1 Å². The van der Waals surface area contributed by atoms with E-state index in [2.05, 4.69) is 0 Å². The molecule has 1 aromatic heterocycles. The normalized spacial score (nSPS) is 22.6. The van der Waals surface area contributed by atoms with Gasteiger partial charge in [0.05, 0.1) is 17.4 Å². The molecule has 0 spiro atoms. The van der Waals surface area contributed by atoms with Crippen LogP contribution in [0.1, 0.15) is 22.3 Å². The van der Waals surface area contributed by atoms with Gasteiger partial charge in [-0.3, -0.25) is 14.4 Å². The number of amides is 1. The van der Waals surface area contributed by atoms with Crippen molar-refractivity contribution < 1.29 is 24.6 Å². The van der Waals surface area contributed by atoms with Gasteiger partial charge >= 0.3 is 11.9 Å². The Morgan fingerprint density at radius 1 is 1.20 bits per heavy atom. The third-order valence-electron chi connectivity index (χ3n) is 3.62. The summed E-state index contributed by atoms with van der Waals surface area (Å²) in [6.07, 6.45) is 0.168. The highest BCUT2D eigenvalue weighted by molar-refractivity contribution is 7.08. The first-order valence-corrected chi connectivity index (χ1v) is 7.13. The molecule has 7 heteroatoms. The molecule has 1 saturated heterocycles. The number of piperidine rings is 1. The van der Waals surface area contributed by atoms with Gasteiger partial charge < -0.3 is 15.1 Å². The lowest BCUT2D eigenvalue weighted by molar-refractivity contribution is -0.156. The molecule has 1 aliphatic rings. The van der Waals surface area contributed by atoms with E-state index < -0.39 is 23.8 Å². The van der Waals surface area contributed by atoms with Gasteiger partial charge in [-0.2, -0.15) is 11.3 Å². The van der Waals surface area contributed by atoms with Gasteiger partial charge in [0.1, 0.15) is 0 Å². The minimum absolute atomic E-state index is 0.0551. The predicted octanol–water partition coefficient (Wildman–Crippen LogP) is 1.30. The van der Waals surface area contributed by atoms with Gasteiger partial charge in [0, 0.05) is 18.5 Å². The molecule has 1 fully saturated rings. The molecule has 6 nitrogen and oxygen atoms in total. The second-order valence-electron chi connectivity index (χ2n) is 4.90. The number of hydrogen-bond donors (Lipinski definition) is 2. The Balaban J connectivity index is 2.17. The molecule has 1 aliphatic heterocycles. The molecule has 0 aliphatic carbocycles. The molecule has 2 atom stereocenters. The summed E-state index contributed by atoms with van der Waals surface area (Å²) < 4.78 is 0. The Kier molecular flexibility index (Phi) is 4.08. The van der Waals surface area contributed by atoms with Crippen molar-refractivity contribution in [2.45, 2.75) is 13.3 Å². The highest BCUT2D eigenvalue weighted by Gasteiger charge is 2.40. The van der Waals surface area contributed by atoms with Gasteiger partial charge in [-0.25, -0.2) is 0 Å². The first-order chi connectivity index (χ1) is 9.41. The van der Waals surface area contributed by atoms with Gasteiger partial charge in [-0.15, -0.1) is 0 Å². The molecule has 2 heterocycles. The minimum atomic E-state index is -1.17. The highest BCUT2D eigenvalue weighted by atomic mass is 32.1. The summed E-state index contributed by atoms with van der Waals surface area (Å²) in [5.41, 5.74) is 1.42. The zero-order valence-electron chi connectivity index (χ0n) is 10.9. The van der Waals surface area contributed by atoms with Crippen LogP contribution in [0.5, 0.6) is 0 Å². The Bertz CT molecular complexity index is 553. The maximum Gasteiger partial charge on any atom is 0.309 e. The van der Waals surface area contributed by atoms with Crippen molar-refractivity contribution in [1.82, 2.24) is 4.90 Å². The number of carbonyl (C=O) groups is 3. The molecular formula is C13H15NO5S. The minimum Gasteiger partial charge on any atom is -0.481 e. The van der Waals surface area contributed by atoms with E-state index in [9.17, 15) is 14.4 Å². The van der Waals surface area contributed by atoms with Crippen LogP contribution in [0.15, 0.2) is 10.8 Å². The summed E-state index contributed by atoms with van der Waals surface area (Å²) in [5.74, 6) is -4.49. The van der Waals surface area contributed by atoms with E-state index in [1.54, 1.807) is 5.38 Å². The smallest absolute Gasteiger partial charge is 0.309 e. The van der Waals surface area contributed by atoms with Crippen LogP contribution in [-0.4, -0.2) is 46.0 Å². The van der Waals surface area contributed by atoms with Gasteiger partial charge in [0.2, 0.25) is 0 Å². The zero-order chi connectivity index (χ0) is 14.9. The molecule has 0 saturated carbocycles. The van der Waals surface area contributed by atoms with Crippen LogP contribution in [0.3, 0.4) is 0 Å². The molecule has 2 unspecified atom stereocenters. The van der Waals surface area contributed by atoms with Gasteiger partial charge in [0.15, 0.2) is 0 Å². The molecule has 0 bridgehead atoms. The van der Waals surface area contributed by atoms with E-state index in [0.717, 1.165) is 5.56 Å². The van der Waals surface area contributed by atoms with Crippen molar-refractivity contribution in [3.05, 3.63) is 21.9 Å². The van der Waals surface area contributed by atoms with Crippen molar-refractivity contribution >= 4 is 29.2 Å². The molecular weight excluding hydrogens is 282 g/mol. The number of carbonyl (C=O) groups excluding carboxylic acids is 1. The first-order valence-electron chi connectivity index (χ1n) is 6.19. The van der Waals surface area contributed by atoms with E-state index in [1.807, 2.05) is 12.3 Å². The summed E-state index contributed by atoms with van der Waals surface area (Å²) >= 11 is 1.41. The number of thiophene rings is 1. The number of carboxylic acids is 2. The molecule has 0 aromatic carbocycles. The quantitative estimate of drug-likeness (QED) is 0.877. The van der Waals surface area contributed by atoms with E-state index >= 15 is 0 Å². The predicted molar refractivity (Wildman–Crippen MR) is 71.8 cm³/mol. The van der Waals surface area contributed by atoms with Crippen LogP contribution >= 0.6 is 11.3 Å². The van der Waals surface area contributed by atoms with E-state index in [-0.39, 0.29) is 25.4 Å². The Hall–Kier alpha value is -1.89. The number of aliphatic carboxylic acids is 2. The molecule has 1 aromatic rings. The fraction of sp³-hybridized carbons (Fsp3) is 0.462. The van der Waals surface area contributed by atoms with Gasteiger partial charge in [0.25, 0.3) is 5.91 Å². The SMILES string of the molecule is Cc1cscc1C(=O)N1CCC(C(=O)O)C(C(=O)O)C1. The lowest BCUT2D eigenvalue weighted by atomic mass is 9.85. The van der Waals surface area contributed by atoms with Crippen LogP contribution in [0.4, 0.5) is 0 Å². The Morgan fingerprint density at radius 2 is 1.85 bits per heavy atom. The largest absolute Gasteiger partial charge is 0.481 e. The molecule has 0 radical (unpaired) electrons.